The number of pyridine rings is 1. The number of aromatic nitrogens is 2. The van der Waals surface area contributed by atoms with Crippen LogP contribution in [0.1, 0.15) is 0 Å². The number of nitrogens with two attached hydrogens (primary N) is 1. The van der Waals surface area contributed by atoms with Gasteiger partial charge in [0.1, 0.15) is 11.4 Å². The number of hydrogen-bond acceptors (Lipinski definition) is 5. The molecule has 2 aromatic rings. The minimum atomic E-state index is 0.486. The molecule has 2 heterocycles. The summed E-state index contributed by atoms with van der Waals surface area (Å²) < 4.78 is 10.0. The molecule has 0 aliphatic carbocycles. The first-order chi connectivity index (χ1) is 6.81. The molecule has 0 amide bonds. The third kappa shape index (κ3) is 1.39. The van der Waals surface area contributed by atoms with E-state index in [0.717, 1.165) is 5.56 Å². The van der Waals surface area contributed by atoms with Crippen LogP contribution in [0.2, 0.25) is 0 Å². The van der Waals surface area contributed by atoms with Crippen LogP contribution in [-0.4, -0.2) is 17.3 Å². The zero-order valence-corrected chi connectivity index (χ0v) is 7.60. The van der Waals surface area contributed by atoms with Crippen LogP contribution >= 0.6 is 0 Å². The van der Waals surface area contributed by atoms with Gasteiger partial charge in [-0.3, -0.25) is 4.98 Å². The van der Waals surface area contributed by atoms with Gasteiger partial charge in [-0.1, -0.05) is 5.16 Å². The summed E-state index contributed by atoms with van der Waals surface area (Å²) in [6, 6.07) is 1.78. The van der Waals surface area contributed by atoms with E-state index < -0.39 is 0 Å². The van der Waals surface area contributed by atoms with Crippen LogP contribution in [0.15, 0.2) is 29.2 Å². The Labute approximate surface area is 80.5 Å². The summed E-state index contributed by atoms with van der Waals surface area (Å²) in [5.74, 6) is 1.16. The quantitative estimate of drug-likeness (QED) is 0.775. The van der Waals surface area contributed by atoms with Crippen LogP contribution < -0.4 is 10.5 Å². The molecular formula is C9H9N3O2. The highest BCUT2D eigenvalue weighted by Gasteiger charge is 2.08. The van der Waals surface area contributed by atoms with E-state index in [9.17, 15) is 0 Å². The largest absolute Gasteiger partial charge is 0.495 e. The molecule has 0 bridgehead atoms. The molecule has 0 unspecified atom stereocenters. The Balaban J connectivity index is 2.47. The van der Waals surface area contributed by atoms with Crippen LogP contribution in [0.25, 0.3) is 11.3 Å². The standard InChI is InChI=1S/C9H9N3O2/c1-13-7-2-6(3-11-4-7)9-8(10)5-12-14-9/h2-5H,10H2,1H3. The van der Waals surface area contributed by atoms with Gasteiger partial charge < -0.3 is 15.0 Å². The van der Waals surface area contributed by atoms with E-state index in [2.05, 4.69) is 10.1 Å². The van der Waals surface area contributed by atoms with Crippen molar-refractivity contribution in [1.82, 2.24) is 10.1 Å². The van der Waals surface area contributed by atoms with Crippen molar-refractivity contribution in [1.29, 1.82) is 0 Å². The topological polar surface area (TPSA) is 74.2 Å². The average molecular weight is 191 g/mol. The van der Waals surface area contributed by atoms with Gasteiger partial charge in [-0.25, -0.2) is 0 Å². The summed E-state index contributed by atoms with van der Waals surface area (Å²) >= 11 is 0. The second-order valence-electron chi connectivity index (χ2n) is 2.72. The summed E-state index contributed by atoms with van der Waals surface area (Å²) in [7, 11) is 1.57. The molecule has 5 nitrogen and oxygen atoms in total. The van der Waals surface area contributed by atoms with Gasteiger partial charge >= 0.3 is 0 Å². The summed E-state index contributed by atoms with van der Waals surface area (Å²) in [5.41, 5.74) is 6.87. The van der Waals surface area contributed by atoms with E-state index in [-0.39, 0.29) is 0 Å². The maximum Gasteiger partial charge on any atom is 0.191 e. The maximum atomic E-state index is 5.64. The van der Waals surface area contributed by atoms with Crippen molar-refractivity contribution in [2.75, 3.05) is 12.8 Å². The van der Waals surface area contributed by atoms with Gasteiger partial charge in [0.25, 0.3) is 0 Å². The van der Waals surface area contributed by atoms with E-state index in [1.807, 2.05) is 0 Å². The first-order valence-electron chi connectivity index (χ1n) is 4.01. The maximum absolute atomic E-state index is 5.64. The molecule has 0 fully saturated rings. The Kier molecular flexibility index (Phi) is 2.06. The normalized spacial score (nSPS) is 10.1. The van der Waals surface area contributed by atoms with Gasteiger partial charge in [0.05, 0.1) is 19.5 Å². The van der Waals surface area contributed by atoms with Crippen molar-refractivity contribution in [3.05, 3.63) is 24.7 Å². The molecule has 14 heavy (non-hydrogen) atoms. The van der Waals surface area contributed by atoms with Crippen LogP contribution in [-0.2, 0) is 0 Å². The smallest absolute Gasteiger partial charge is 0.191 e. The monoisotopic (exact) mass is 191 g/mol. The highest BCUT2D eigenvalue weighted by atomic mass is 16.5. The zero-order valence-electron chi connectivity index (χ0n) is 7.60. The minimum absolute atomic E-state index is 0.486. The molecular weight excluding hydrogens is 182 g/mol. The number of rotatable bonds is 2. The molecule has 72 valence electrons. The molecule has 2 aromatic heterocycles. The van der Waals surface area contributed by atoms with Crippen molar-refractivity contribution in [2.45, 2.75) is 0 Å². The van der Waals surface area contributed by atoms with Gasteiger partial charge in [-0.2, -0.15) is 0 Å². The van der Waals surface area contributed by atoms with Crippen LogP contribution in [0.4, 0.5) is 5.69 Å². The molecule has 2 rings (SSSR count). The number of methoxy groups -OCH3 is 1. The lowest BCUT2D eigenvalue weighted by Crippen LogP contribution is -1.88. The summed E-state index contributed by atoms with van der Waals surface area (Å²) in [5, 5.41) is 3.58. The van der Waals surface area contributed by atoms with E-state index in [4.69, 9.17) is 15.0 Å². The van der Waals surface area contributed by atoms with Crippen molar-refractivity contribution < 1.29 is 9.26 Å². The number of ether oxygens (including phenoxy) is 1. The Morgan fingerprint density at radius 1 is 1.36 bits per heavy atom. The molecule has 0 saturated heterocycles. The Hall–Kier alpha value is -2.04. The minimum Gasteiger partial charge on any atom is -0.495 e. The first-order valence-corrected chi connectivity index (χ1v) is 4.01. The molecule has 0 saturated carbocycles. The fourth-order valence-electron chi connectivity index (χ4n) is 1.12. The average Bonchev–Trinajstić information content (AvgIpc) is 2.65. The second-order valence-corrected chi connectivity index (χ2v) is 2.72. The lowest BCUT2D eigenvalue weighted by Gasteiger charge is -2.00. The van der Waals surface area contributed by atoms with Crippen LogP contribution in [0.3, 0.4) is 0 Å². The summed E-state index contributed by atoms with van der Waals surface area (Å²) in [6.45, 7) is 0. The lowest BCUT2D eigenvalue weighted by molar-refractivity contribution is 0.411. The van der Waals surface area contributed by atoms with Crippen molar-refractivity contribution in [3.8, 4) is 17.1 Å². The van der Waals surface area contributed by atoms with Crippen LogP contribution in [0, 0.1) is 0 Å². The van der Waals surface area contributed by atoms with Gasteiger partial charge in [0.2, 0.25) is 0 Å². The number of hydrogen-bond donors (Lipinski definition) is 1. The number of nitrogen functional groups attached to an aromatic ring is 1. The van der Waals surface area contributed by atoms with Gasteiger partial charge in [-0.05, 0) is 6.07 Å². The second kappa shape index (κ2) is 3.37. The third-order valence-corrected chi connectivity index (χ3v) is 1.81. The molecule has 0 aromatic carbocycles. The summed E-state index contributed by atoms with van der Waals surface area (Å²) in [4.78, 5) is 3.98. The first kappa shape index (κ1) is 8.55. The number of anilines is 1. The van der Waals surface area contributed by atoms with Crippen LogP contribution in [0.5, 0.6) is 5.75 Å². The Bertz CT molecular complexity index is 439. The Morgan fingerprint density at radius 3 is 2.86 bits per heavy atom. The van der Waals surface area contributed by atoms with E-state index in [1.54, 1.807) is 25.6 Å². The van der Waals surface area contributed by atoms with E-state index in [0.29, 0.717) is 17.2 Å². The fourth-order valence-corrected chi connectivity index (χ4v) is 1.12. The molecule has 0 atom stereocenters. The van der Waals surface area contributed by atoms with Crippen molar-refractivity contribution in [3.63, 3.8) is 0 Å². The van der Waals surface area contributed by atoms with Gasteiger partial charge in [0, 0.05) is 11.8 Å². The summed E-state index contributed by atoms with van der Waals surface area (Å²) in [6.07, 6.45) is 4.70. The highest BCUT2D eigenvalue weighted by Crippen LogP contribution is 2.26. The number of nitrogens with zero attached hydrogens (tertiary/aromatic N) is 2. The van der Waals surface area contributed by atoms with E-state index >= 15 is 0 Å². The predicted octanol–water partition coefficient (Wildman–Crippen LogP) is 1.33. The third-order valence-electron chi connectivity index (χ3n) is 1.81. The Morgan fingerprint density at radius 2 is 2.21 bits per heavy atom. The molecule has 0 radical (unpaired) electrons. The molecule has 5 heteroatoms. The van der Waals surface area contributed by atoms with Crippen molar-refractivity contribution >= 4 is 5.69 Å². The molecule has 2 N–H and O–H groups in total. The predicted molar refractivity (Wildman–Crippen MR) is 50.7 cm³/mol. The lowest BCUT2D eigenvalue weighted by atomic mass is 10.2. The van der Waals surface area contributed by atoms with Crippen molar-refractivity contribution in [2.24, 2.45) is 0 Å². The fraction of sp³-hybridized carbons (Fsp3) is 0.111. The molecule has 0 aliphatic rings. The SMILES string of the molecule is COc1cncc(-c2oncc2N)c1. The molecule has 0 spiro atoms. The zero-order chi connectivity index (χ0) is 9.97. The van der Waals surface area contributed by atoms with E-state index in [1.165, 1.54) is 6.20 Å². The highest BCUT2D eigenvalue weighted by molar-refractivity contribution is 5.69. The van der Waals surface area contributed by atoms with Gasteiger partial charge in [0.15, 0.2) is 5.76 Å². The van der Waals surface area contributed by atoms with Gasteiger partial charge in [-0.15, -0.1) is 0 Å². The molecule has 0 aliphatic heterocycles.